The van der Waals surface area contributed by atoms with E-state index in [0.29, 0.717) is 0 Å². The van der Waals surface area contributed by atoms with Crippen LogP contribution in [-0.4, -0.2) is 9.97 Å². The van der Waals surface area contributed by atoms with Gasteiger partial charge in [-0.25, -0.2) is 0 Å². The van der Waals surface area contributed by atoms with Gasteiger partial charge in [-0.1, -0.05) is 0 Å². The molecule has 1 heterocycles. The SMILES string of the molecule is Fc1cc(F)nc(C(F)(F)Cl)n1. The first kappa shape index (κ1) is 9.18. The van der Waals surface area contributed by atoms with Gasteiger partial charge in [0.2, 0.25) is 17.7 Å². The summed E-state index contributed by atoms with van der Waals surface area (Å²) in [5.74, 6) is -4.17. The molecular formula is C5HClF4N2. The number of halogens is 5. The summed E-state index contributed by atoms with van der Waals surface area (Å²) in [6.07, 6.45) is 0. The van der Waals surface area contributed by atoms with Crippen LogP contribution in [0.5, 0.6) is 0 Å². The van der Waals surface area contributed by atoms with Crippen LogP contribution in [0.15, 0.2) is 6.07 Å². The van der Waals surface area contributed by atoms with Gasteiger partial charge in [-0.05, 0) is 11.6 Å². The number of hydrogen-bond acceptors (Lipinski definition) is 2. The van der Waals surface area contributed by atoms with Gasteiger partial charge in [-0.15, -0.1) is 0 Å². The third-order valence-electron chi connectivity index (χ3n) is 0.917. The number of alkyl halides is 3. The van der Waals surface area contributed by atoms with Crippen molar-refractivity contribution in [1.29, 1.82) is 0 Å². The standard InChI is InChI=1S/C5HClF4N2/c6-5(9,10)4-11-2(7)1-3(8)12-4/h1H. The van der Waals surface area contributed by atoms with Gasteiger partial charge in [0.1, 0.15) is 0 Å². The van der Waals surface area contributed by atoms with Crippen LogP contribution in [-0.2, 0) is 5.38 Å². The summed E-state index contributed by atoms with van der Waals surface area (Å²) in [6.45, 7) is 0. The molecule has 2 nitrogen and oxygen atoms in total. The number of nitrogens with zero attached hydrogens (tertiary/aromatic N) is 2. The first-order chi connectivity index (χ1) is 5.39. The Morgan fingerprint density at radius 2 is 1.58 bits per heavy atom. The molecule has 0 N–H and O–H groups in total. The predicted molar refractivity (Wildman–Crippen MR) is 31.7 cm³/mol. The Balaban J connectivity index is 3.18. The lowest BCUT2D eigenvalue weighted by Gasteiger charge is -2.04. The molecule has 1 aromatic heterocycles. The molecule has 0 bridgehead atoms. The van der Waals surface area contributed by atoms with Gasteiger partial charge in [0.25, 0.3) is 0 Å². The molecule has 0 fully saturated rings. The summed E-state index contributed by atoms with van der Waals surface area (Å²) in [6, 6.07) is 0.270. The lowest BCUT2D eigenvalue weighted by molar-refractivity contribution is 0.0818. The van der Waals surface area contributed by atoms with Crippen molar-refractivity contribution in [3.05, 3.63) is 23.8 Å². The van der Waals surface area contributed by atoms with Gasteiger partial charge in [0.05, 0.1) is 0 Å². The Labute approximate surface area is 69.2 Å². The van der Waals surface area contributed by atoms with Gasteiger partial charge in [0.15, 0.2) is 0 Å². The molecule has 0 aliphatic rings. The fourth-order valence-electron chi connectivity index (χ4n) is 0.517. The normalized spacial score (nSPS) is 11.8. The molecule has 0 saturated heterocycles. The molecule has 12 heavy (non-hydrogen) atoms. The van der Waals surface area contributed by atoms with E-state index in [2.05, 4.69) is 21.6 Å². The first-order valence-corrected chi connectivity index (χ1v) is 3.04. The average molecular weight is 201 g/mol. The minimum atomic E-state index is -3.96. The maximum absolute atomic E-state index is 12.2. The predicted octanol–water partition coefficient (Wildman–Crippen LogP) is 2.04. The maximum Gasteiger partial charge on any atom is 0.381 e. The zero-order chi connectivity index (χ0) is 9.35. The van der Waals surface area contributed by atoms with Gasteiger partial charge in [-0.2, -0.15) is 27.5 Å². The van der Waals surface area contributed by atoms with Crippen molar-refractivity contribution in [2.75, 3.05) is 0 Å². The third-order valence-corrected chi connectivity index (χ3v) is 1.09. The fourth-order valence-corrected chi connectivity index (χ4v) is 0.601. The summed E-state index contributed by atoms with van der Waals surface area (Å²) < 4.78 is 48.6. The van der Waals surface area contributed by atoms with Crippen molar-refractivity contribution < 1.29 is 17.6 Å². The molecular weight excluding hydrogens is 200 g/mol. The van der Waals surface area contributed by atoms with Crippen molar-refractivity contribution in [3.8, 4) is 0 Å². The zero-order valence-electron chi connectivity index (χ0n) is 5.36. The molecule has 0 saturated carbocycles. The molecule has 1 rings (SSSR count). The van der Waals surface area contributed by atoms with E-state index in [-0.39, 0.29) is 6.07 Å². The van der Waals surface area contributed by atoms with Gasteiger partial charge in [0, 0.05) is 6.07 Å². The topological polar surface area (TPSA) is 25.8 Å². The Morgan fingerprint density at radius 1 is 1.17 bits per heavy atom. The van der Waals surface area contributed by atoms with E-state index in [0.717, 1.165) is 0 Å². The highest BCUT2D eigenvalue weighted by atomic mass is 35.5. The van der Waals surface area contributed by atoms with Crippen LogP contribution in [0.1, 0.15) is 5.82 Å². The highest BCUT2D eigenvalue weighted by Crippen LogP contribution is 2.29. The van der Waals surface area contributed by atoms with Crippen LogP contribution in [0, 0.1) is 11.9 Å². The number of rotatable bonds is 1. The van der Waals surface area contributed by atoms with Crippen LogP contribution in [0.2, 0.25) is 0 Å². The molecule has 1 aromatic rings. The molecule has 0 unspecified atom stereocenters. The molecule has 0 radical (unpaired) electrons. The largest absolute Gasteiger partial charge is 0.381 e. The van der Waals surface area contributed by atoms with Crippen molar-refractivity contribution in [2.24, 2.45) is 0 Å². The fraction of sp³-hybridized carbons (Fsp3) is 0.200. The summed E-state index contributed by atoms with van der Waals surface area (Å²) in [5, 5.41) is -3.96. The average Bonchev–Trinajstić information content (AvgIpc) is 1.82. The molecule has 0 atom stereocenters. The molecule has 0 spiro atoms. The maximum atomic E-state index is 12.2. The third kappa shape index (κ3) is 2.04. The van der Waals surface area contributed by atoms with E-state index in [4.69, 9.17) is 0 Å². The van der Waals surface area contributed by atoms with Crippen LogP contribution in [0.25, 0.3) is 0 Å². The highest BCUT2D eigenvalue weighted by molar-refractivity contribution is 6.21. The van der Waals surface area contributed by atoms with Crippen molar-refractivity contribution in [2.45, 2.75) is 5.38 Å². The van der Waals surface area contributed by atoms with Crippen molar-refractivity contribution in [1.82, 2.24) is 9.97 Å². The summed E-state index contributed by atoms with van der Waals surface area (Å²) in [5.41, 5.74) is 0. The lowest BCUT2D eigenvalue weighted by Crippen LogP contribution is -2.11. The van der Waals surface area contributed by atoms with Crippen LogP contribution in [0.3, 0.4) is 0 Å². The molecule has 66 valence electrons. The van der Waals surface area contributed by atoms with E-state index in [9.17, 15) is 17.6 Å². The molecule has 0 aliphatic carbocycles. The molecule has 0 aromatic carbocycles. The van der Waals surface area contributed by atoms with E-state index in [1.165, 1.54) is 0 Å². The zero-order valence-corrected chi connectivity index (χ0v) is 6.12. The van der Waals surface area contributed by atoms with E-state index >= 15 is 0 Å². The van der Waals surface area contributed by atoms with Gasteiger partial charge >= 0.3 is 5.38 Å². The molecule has 7 heteroatoms. The monoisotopic (exact) mass is 200 g/mol. The first-order valence-electron chi connectivity index (χ1n) is 2.67. The quantitative estimate of drug-likeness (QED) is 0.394. The Bertz CT molecular complexity index is 278. The van der Waals surface area contributed by atoms with Crippen molar-refractivity contribution in [3.63, 3.8) is 0 Å². The second-order valence-electron chi connectivity index (χ2n) is 1.83. The van der Waals surface area contributed by atoms with Gasteiger partial charge in [-0.3, -0.25) is 0 Å². The lowest BCUT2D eigenvalue weighted by atomic mass is 10.5. The molecule has 0 amide bonds. The molecule has 0 aliphatic heterocycles. The number of aromatic nitrogens is 2. The van der Waals surface area contributed by atoms with E-state index in [1.54, 1.807) is 0 Å². The second kappa shape index (κ2) is 2.85. The van der Waals surface area contributed by atoms with Crippen LogP contribution < -0.4 is 0 Å². The minimum absolute atomic E-state index is 0.270. The van der Waals surface area contributed by atoms with E-state index < -0.39 is 23.1 Å². The number of hydrogen-bond donors (Lipinski definition) is 0. The summed E-state index contributed by atoms with van der Waals surface area (Å²) in [7, 11) is 0. The van der Waals surface area contributed by atoms with Crippen LogP contribution in [0.4, 0.5) is 17.6 Å². The smallest absolute Gasteiger partial charge is 0.197 e. The highest BCUT2D eigenvalue weighted by Gasteiger charge is 2.32. The summed E-state index contributed by atoms with van der Waals surface area (Å²) in [4.78, 5) is 5.21. The van der Waals surface area contributed by atoms with E-state index in [1.807, 2.05) is 0 Å². The van der Waals surface area contributed by atoms with Crippen LogP contribution >= 0.6 is 11.6 Å². The second-order valence-corrected chi connectivity index (χ2v) is 2.31. The Kier molecular flexibility index (Phi) is 2.18. The van der Waals surface area contributed by atoms with Gasteiger partial charge < -0.3 is 0 Å². The Hall–Kier alpha value is -0.910. The Morgan fingerprint density at radius 3 is 1.92 bits per heavy atom. The minimum Gasteiger partial charge on any atom is -0.197 e. The summed E-state index contributed by atoms with van der Waals surface area (Å²) >= 11 is 4.41. The van der Waals surface area contributed by atoms with Crippen molar-refractivity contribution >= 4 is 11.6 Å².